The van der Waals surface area contributed by atoms with E-state index in [2.05, 4.69) is 34.1 Å². The Hall–Kier alpha value is -1.07. The van der Waals surface area contributed by atoms with E-state index in [0.29, 0.717) is 11.5 Å². The van der Waals surface area contributed by atoms with Gasteiger partial charge in [-0.05, 0) is 18.6 Å². The predicted octanol–water partition coefficient (Wildman–Crippen LogP) is 0.996. The summed E-state index contributed by atoms with van der Waals surface area (Å²) in [6.45, 7) is 3.91. The van der Waals surface area contributed by atoms with Gasteiger partial charge in [0.05, 0.1) is 11.5 Å². The molecule has 19 heavy (non-hydrogen) atoms. The summed E-state index contributed by atoms with van der Waals surface area (Å²) in [4.78, 5) is 4.73. The molecule has 2 aliphatic rings. The third-order valence-electron chi connectivity index (χ3n) is 4.16. The van der Waals surface area contributed by atoms with E-state index in [0.717, 1.165) is 32.6 Å². The zero-order valence-electron chi connectivity index (χ0n) is 11.0. The highest BCUT2D eigenvalue weighted by Gasteiger charge is 2.33. The van der Waals surface area contributed by atoms with Gasteiger partial charge < -0.3 is 4.90 Å². The summed E-state index contributed by atoms with van der Waals surface area (Å²) in [5.41, 5.74) is 1.26. The SMILES string of the molecule is O=S1(=O)CC[C@@H](N2CCN(c3ccccc3)CC2)C1. The fourth-order valence-electron chi connectivity index (χ4n) is 3.05. The lowest BCUT2D eigenvalue weighted by atomic mass is 10.2. The van der Waals surface area contributed by atoms with Gasteiger partial charge in [0.2, 0.25) is 0 Å². The molecule has 2 saturated heterocycles. The summed E-state index contributed by atoms with van der Waals surface area (Å²) in [6.07, 6.45) is 0.813. The number of anilines is 1. The monoisotopic (exact) mass is 280 g/mol. The zero-order valence-corrected chi connectivity index (χ0v) is 11.8. The van der Waals surface area contributed by atoms with Crippen molar-refractivity contribution in [1.82, 2.24) is 4.90 Å². The molecule has 0 unspecified atom stereocenters. The molecule has 0 amide bonds. The van der Waals surface area contributed by atoms with Gasteiger partial charge in [0, 0.05) is 37.9 Å². The first-order chi connectivity index (χ1) is 9.14. The number of para-hydroxylation sites is 1. The largest absolute Gasteiger partial charge is 0.369 e. The van der Waals surface area contributed by atoms with Crippen LogP contribution in [0.25, 0.3) is 0 Å². The number of benzene rings is 1. The molecule has 2 heterocycles. The Morgan fingerprint density at radius 3 is 2.26 bits per heavy atom. The minimum Gasteiger partial charge on any atom is -0.369 e. The maximum Gasteiger partial charge on any atom is 0.151 e. The van der Waals surface area contributed by atoms with Crippen molar-refractivity contribution < 1.29 is 8.42 Å². The van der Waals surface area contributed by atoms with Crippen LogP contribution in [0.15, 0.2) is 30.3 Å². The Labute approximate surface area is 114 Å². The Bertz CT molecular complexity index is 522. The molecule has 2 aliphatic heterocycles. The number of rotatable bonds is 2. The van der Waals surface area contributed by atoms with Crippen LogP contribution in [0.4, 0.5) is 5.69 Å². The van der Waals surface area contributed by atoms with Crippen LogP contribution >= 0.6 is 0 Å². The lowest BCUT2D eigenvalue weighted by molar-refractivity contribution is 0.200. The van der Waals surface area contributed by atoms with Crippen molar-refractivity contribution in [1.29, 1.82) is 0 Å². The highest BCUT2D eigenvalue weighted by atomic mass is 32.2. The Kier molecular flexibility index (Phi) is 3.50. The van der Waals surface area contributed by atoms with E-state index in [1.807, 2.05) is 6.07 Å². The summed E-state index contributed by atoms with van der Waals surface area (Å²) < 4.78 is 23.1. The zero-order chi connectivity index (χ0) is 13.3. The molecule has 104 valence electrons. The van der Waals surface area contributed by atoms with Gasteiger partial charge in [0.25, 0.3) is 0 Å². The van der Waals surface area contributed by atoms with E-state index in [9.17, 15) is 8.42 Å². The van der Waals surface area contributed by atoms with Crippen molar-refractivity contribution in [2.24, 2.45) is 0 Å². The third-order valence-corrected chi connectivity index (χ3v) is 5.91. The summed E-state index contributed by atoms with van der Waals surface area (Å²) >= 11 is 0. The first-order valence-electron chi connectivity index (χ1n) is 6.88. The van der Waals surface area contributed by atoms with Crippen LogP contribution in [-0.4, -0.2) is 57.0 Å². The molecular formula is C14H20N2O2S. The van der Waals surface area contributed by atoms with Crippen molar-refractivity contribution in [3.8, 4) is 0 Å². The van der Waals surface area contributed by atoms with Crippen molar-refractivity contribution in [2.75, 3.05) is 42.6 Å². The number of nitrogens with zero attached hydrogens (tertiary/aromatic N) is 2. The molecule has 0 saturated carbocycles. The molecule has 0 radical (unpaired) electrons. The fraction of sp³-hybridized carbons (Fsp3) is 0.571. The molecule has 3 rings (SSSR count). The van der Waals surface area contributed by atoms with Gasteiger partial charge >= 0.3 is 0 Å². The van der Waals surface area contributed by atoms with E-state index in [4.69, 9.17) is 0 Å². The number of sulfone groups is 1. The molecule has 0 spiro atoms. The molecular weight excluding hydrogens is 260 g/mol. The maximum absolute atomic E-state index is 11.5. The van der Waals surface area contributed by atoms with Crippen molar-refractivity contribution in [2.45, 2.75) is 12.5 Å². The fourth-order valence-corrected chi connectivity index (χ4v) is 4.81. The Morgan fingerprint density at radius 1 is 1.00 bits per heavy atom. The van der Waals surface area contributed by atoms with Gasteiger partial charge in [-0.25, -0.2) is 8.42 Å². The second-order valence-electron chi connectivity index (χ2n) is 5.42. The van der Waals surface area contributed by atoms with Crippen LogP contribution in [0.2, 0.25) is 0 Å². The van der Waals surface area contributed by atoms with Crippen molar-refractivity contribution in [3.05, 3.63) is 30.3 Å². The quantitative estimate of drug-likeness (QED) is 0.810. The van der Waals surface area contributed by atoms with Crippen molar-refractivity contribution >= 4 is 15.5 Å². The Morgan fingerprint density at radius 2 is 1.68 bits per heavy atom. The highest BCUT2D eigenvalue weighted by molar-refractivity contribution is 7.91. The van der Waals surface area contributed by atoms with Crippen LogP contribution in [-0.2, 0) is 9.84 Å². The van der Waals surface area contributed by atoms with Crippen molar-refractivity contribution in [3.63, 3.8) is 0 Å². The highest BCUT2D eigenvalue weighted by Crippen LogP contribution is 2.21. The molecule has 2 fully saturated rings. The maximum atomic E-state index is 11.5. The molecule has 0 N–H and O–H groups in total. The number of piperazine rings is 1. The third kappa shape index (κ3) is 2.92. The average Bonchev–Trinajstić information content (AvgIpc) is 2.80. The number of hydrogen-bond acceptors (Lipinski definition) is 4. The van der Waals surface area contributed by atoms with E-state index < -0.39 is 9.84 Å². The van der Waals surface area contributed by atoms with Crippen LogP contribution in [0.3, 0.4) is 0 Å². The van der Waals surface area contributed by atoms with Crippen LogP contribution in [0.5, 0.6) is 0 Å². The predicted molar refractivity (Wildman–Crippen MR) is 77.3 cm³/mol. The second kappa shape index (κ2) is 5.13. The second-order valence-corrected chi connectivity index (χ2v) is 7.64. The molecule has 0 bridgehead atoms. The van der Waals surface area contributed by atoms with Gasteiger partial charge in [-0.15, -0.1) is 0 Å². The van der Waals surface area contributed by atoms with E-state index in [-0.39, 0.29) is 6.04 Å². The first-order valence-corrected chi connectivity index (χ1v) is 8.71. The molecule has 4 nitrogen and oxygen atoms in total. The summed E-state index contributed by atoms with van der Waals surface area (Å²) in [7, 11) is -2.77. The standard InChI is InChI=1S/C14H20N2O2S/c17-19(18)11-6-14(12-19)16-9-7-15(8-10-16)13-4-2-1-3-5-13/h1-5,14H,6-12H2/t14-/m1/s1. The molecule has 1 atom stereocenters. The summed E-state index contributed by atoms with van der Waals surface area (Å²) in [5, 5.41) is 0. The van der Waals surface area contributed by atoms with Gasteiger partial charge in [-0.3, -0.25) is 4.90 Å². The first kappa shape index (κ1) is 12.9. The molecule has 1 aromatic carbocycles. The number of hydrogen-bond donors (Lipinski definition) is 0. The van der Waals surface area contributed by atoms with Crippen LogP contribution < -0.4 is 4.90 Å². The smallest absolute Gasteiger partial charge is 0.151 e. The van der Waals surface area contributed by atoms with Gasteiger partial charge in [-0.2, -0.15) is 0 Å². The summed E-state index contributed by atoms with van der Waals surface area (Å²) in [5.74, 6) is 0.731. The average molecular weight is 280 g/mol. The van der Waals surface area contributed by atoms with Gasteiger partial charge in [0.15, 0.2) is 9.84 Å². The van der Waals surface area contributed by atoms with Crippen LogP contribution in [0.1, 0.15) is 6.42 Å². The van der Waals surface area contributed by atoms with Gasteiger partial charge in [-0.1, -0.05) is 18.2 Å². The van der Waals surface area contributed by atoms with E-state index in [1.165, 1.54) is 5.69 Å². The van der Waals surface area contributed by atoms with Crippen LogP contribution in [0, 0.1) is 0 Å². The molecule has 1 aromatic rings. The molecule has 0 aliphatic carbocycles. The summed E-state index contributed by atoms with van der Waals surface area (Å²) in [6, 6.07) is 10.7. The van der Waals surface area contributed by atoms with E-state index in [1.54, 1.807) is 0 Å². The Balaban J connectivity index is 1.58. The topological polar surface area (TPSA) is 40.6 Å². The minimum atomic E-state index is -2.77. The van der Waals surface area contributed by atoms with Gasteiger partial charge in [0.1, 0.15) is 0 Å². The minimum absolute atomic E-state index is 0.253. The molecule has 0 aromatic heterocycles. The lowest BCUT2D eigenvalue weighted by Crippen LogP contribution is -2.50. The normalized spacial score (nSPS) is 27.6. The van der Waals surface area contributed by atoms with E-state index >= 15 is 0 Å². The molecule has 5 heteroatoms. The lowest BCUT2D eigenvalue weighted by Gasteiger charge is -2.38.